The first-order valence-corrected chi connectivity index (χ1v) is 8.35. The van der Waals surface area contributed by atoms with E-state index in [1.165, 1.54) is 12.3 Å². The molecule has 8 heteroatoms. The van der Waals surface area contributed by atoms with Gasteiger partial charge in [0.1, 0.15) is 5.15 Å². The Hall–Kier alpha value is -2.83. The first-order valence-electron chi connectivity index (χ1n) is 7.60. The van der Waals surface area contributed by atoms with Crippen molar-refractivity contribution in [1.82, 2.24) is 9.78 Å². The molecule has 0 bridgehead atoms. The standard InChI is InChI=1S/C18H14Cl2N4O2/c1-11-15(10-21-22-16-8-3-2-7-14(16)18(25)26)17(20)24(23-11)13-6-4-5-12(19)9-13/h2-10,22H,1H3,(H,25,26). The number of hydrazone groups is 1. The van der Waals surface area contributed by atoms with Gasteiger partial charge in [-0.15, -0.1) is 0 Å². The Bertz CT molecular complexity index is 999. The van der Waals surface area contributed by atoms with E-state index >= 15 is 0 Å². The second-order valence-electron chi connectivity index (χ2n) is 5.40. The highest BCUT2D eigenvalue weighted by molar-refractivity contribution is 6.32. The number of carboxylic acids is 1. The number of para-hydroxylation sites is 1. The number of anilines is 1. The molecule has 0 saturated carbocycles. The third kappa shape index (κ3) is 3.71. The number of aromatic nitrogens is 2. The number of nitrogens with zero attached hydrogens (tertiary/aromatic N) is 3. The van der Waals surface area contributed by atoms with Crippen LogP contribution in [0.1, 0.15) is 21.6 Å². The number of carboxylic acid groups (broad SMARTS) is 1. The maximum atomic E-state index is 11.2. The van der Waals surface area contributed by atoms with Crippen LogP contribution in [0, 0.1) is 6.92 Å². The van der Waals surface area contributed by atoms with Gasteiger partial charge in [-0.2, -0.15) is 10.2 Å². The summed E-state index contributed by atoms with van der Waals surface area (Å²) in [5, 5.41) is 18.6. The average Bonchev–Trinajstić information content (AvgIpc) is 2.90. The number of aromatic carboxylic acids is 1. The molecule has 2 N–H and O–H groups in total. The monoisotopic (exact) mass is 388 g/mol. The lowest BCUT2D eigenvalue weighted by Gasteiger charge is -2.04. The molecule has 0 atom stereocenters. The molecule has 0 fully saturated rings. The number of hydrogen-bond donors (Lipinski definition) is 2. The zero-order valence-electron chi connectivity index (χ0n) is 13.6. The van der Waals surface area contributed by atoms with Crippen LogP contribution in [-0.2, 0) is 0 Å². The van der Waals surface area contributed by atoms with Crippen LogP contribution in [0.3, 0.4) is 0 Å². The molecule has 0 aliphatic rings. The minimum absolute atomic E-state index is 0.127. The number of hydrogen-bond acceptors (Lipinski definition) is 4. The van der Waals surface area contributed by atoms with Crippen molar-refractivity contribution in [2.24, 2.45) is 5.10 Å². The second-order valence-corrected chi connectivity index (χ2v) is 6.20. The molecule has 3 rings (SSSR count). The molecule has 26 heavy (non-hydrogen) atoms. The summed E-state index contributed by atoms with van der Waals surface area (Å²) in [7, 11) is 0. The molecular formula is C18H14Cl2N4O2. The van der Waals surface area contributed by atoms with Crippen molar-refractivity contribution in [1.29, 1.82) is 0 Å². The molecule has 0 aliphatic heterocycles. The van der Waals surface area contributed by atoms with Crippen molar-refractivity contribution >= 4 is 41.1 Å². The molecule has 2 aromatic carbocycles. The first kappa shape index (κ1) is 18.0. The van der Waals surface area contributed by atoms with Crippen LogP contribution in [0.4, 0.5) is 5.69 Å². The SMILES string of the molecule is Cc1nn(-c2cccc(Cl)c2)c(Cl)c1C=NNc1ccccc1C(=O)O. The van der Waals surface area contributed by atoms with Crippen molar-refractivity contribution in [2.75, 3.05) is 5.43 Å². The van der Waals surface area contributed by atoms with Crippen LogP contribution in [0.2, 0.25) is 10.2 Å². The van der Waals surface area contributed by atoms with Gasteiger partial charge in [-0.1, -0.05) is 41.4 Å². The molecule has 0 spiro atoms. The fourth-order valence-corrected chi connectivity index (χ4v) is 2.88. The van der Waals surface area contributed by atoms with Crippen molar-refractivity contribution in [2.45, 2.75) is 6.92 Å². The van der Waals surface area contributed by atoms with E-state index in [2.05, 4.69) is 15.6 Å². The Balaban J connectivity index is 1.87. The lowest BCUT2D eigenvalue weighted by molar-refractivity contribution is 0.0698. The summed E-state index contributed by atoms with van der Waals surface area (Å²) in [6.45, 7) is 1.81. The normalized spacial score (nSPS) is 11.0. The number of benzene rings is 2. The van der Waals surface area contributed by atoms with E-state index in [9.17, 15) is 9.90 Å². The van der Waals surface area contributed by atoms with Crippen molar-refractivity contribution in [3.63, 3.8) is 0 Å². The summed E-state index contributed by atoms with van der Waals surface area (Å²) in [6.07, 6.45) is 1.50. The average molecular weight is 389 g/mol. The molecule has 0 unspecified atom stereocenters. The third-order valence-electron chi connectivity index (χ3n) is 3.64. The number of halogens is 2. The Morgan fingerprint density at radius 3 is 2.73 bits per heavy atom. The number of nitrogens with one attached hydrogen (secondary N) is 1. The van der Waals surface area contributed by atoms with Crippen LogP contribution < -0.4 is 5.43 Å². The van der Waals surface area contributed by atoms with E-state index < -0.39 is 5.97 Å². The molecule has 1 aromatic heterocycles. The molecule has 0 aliphatic carbocycles. The minimum atomic E-state index is -1.04. The summed E-state index contributed by atoms with van der Waals surface area (Å²) in [6, 6.07) is 13.7. The molecule has 0 radical (unpaired) electrons. The maximum Gasteiger partial charge on any atom is 0.337 e. The number of carbonyl (C=O) groups is 1. The quantitative estimate of drug-likeness (QED) is 0.493. The second kappa shape index (κ2) is 7.59. The molecular weight excluding hydrogens is 375 g/mol. The van der Waals surface area contributed by atoms with Crippen LogP contribution in [0.15, 0.2) is 53.6 Å². The summed E-state index contributed by atoms with van der Waals surface area (Å²) in [4.78, 5) is 11.2. The fourth-order valence-electron chi connectivity index (χ4n) is 2.37. The summed E-state index contributed by atoms with van der Waals surface area (Å²) < 4.78 is 1.56. The largest absolute Gasteiger partial charge is 0.478 e. The van der Waals surface area contributed by atoms with Gasteiger partial charge in [0.25, 0.3) is 0 Å². The zero-order valence-corrected chi connectivity index (χ0v) is 15.2. The van der Waals surface area contributed by atoms with Crippen LogP contribution >= 0.6 is 23.2 Å². The van der Waals surface area contributed by atoms with Crippen molar-refractivity contribution < 1.29 is 9.90 Å². The van der Waals surface area contributed by atoms with Crippen LogP contribution in [-0.4, -0.2) is 27.1 Å². The highest BCUT2D eigenvalue weighted by Gasteiger charge is 2.14. The van der Waals surface area contributed by atoms with E-state index in [1.807, 2.05) is 12.1 Å². The van der Waals surface area contributed by atoms with E-state index in [0.717, 1.165) is 5.69 Å². The van der Waals surface area contributed by atoms with Crippen molar-refractivity contribution in [3.05, 3.63) is 75.5 Å². The van der Waals surface area contributed by atoms with E-state index in [4.69, 9.17) is 23.2 Å². The summed E-state index contributed by atoms with van der Waals surface area (Å²) >= 11 is 12.4. The Morgan fingerprint density at radius 1 is 1.23 bits per heavy atom. The highest BCUT2D eigenvalue weighted by atomic mass is 35.5. The third-order valence-corrected chi connectivity index (χ3v) is 4.24. The first-order chi connectivity index (χ1) is 12.5. The van der Waals surface area contributed by atoms with Gasteiger partial charge in [-0.05, 0) is 37.3 Å². The van der Waals surface area contributed by atoms with Gasteiger partial charge in [0.2, 0.25) is 0 Å². The zero-order chi connectivity index (χ0) is 18.7. The molecule has 3 aromatic rings. The van der Waals surface area contributed by atoms with E-state index in [-0.39, 0.29) is 5.56 Å². The van der Waals surface area contributed by atoms with Gasteiger partial charge < -0.3 is 5.11 Å². The number of rotatable bonds is 5. The Morgan fingerprint density at radius 2 is 2.00 bits per heavy atom. The van der Waals surface area contributed by atoms with Crippen LogP contribution in [0.5, 0.6) is 0 Å². The van der Waals surface area contributed by atoms with Gasteiger partial charge in [0.05, 0.1) is 34.4 Å². The van der Waals surface area contributed by atoms with Crippen molar-refractivity contribution in [3.8, 4) is 5.69 Å². The van der Waals surface area contributed by atoms with Gasteiger partial charge in [-0.3, -0.25) is 5.43 Å². The molecule has 0 amide bonds. The predicted molar refractivity (Wildman–Crippen MR) is 103 cm³/mol. The summed E-state index contributed by atoms with van der Waals surface area (Å²) in [5.41, 5.74) is 5.26. The fraction of sp³-hybridized carbons (Fsp3) is 0.0556. The van der Waals surface area contributed by atoms with Gasteiger partial charge >= 0.3 is 5.97 Å². The highest BCUT2D eigenvalue weighted by Crippen LogP contribution is 2.24. The van der Waals surface area contributed by atoms with E-state index in [1.54, 1.807) is 41.9 Å². The minimum Gasteiger partial charge on any atom is -0.478 e. The predicted octanol–water partition coefficient (Wildman–Crippen LogP) is 4.63. The lowest BCUT2D eigenvalue weighted by atomic mass is 10.2. The topological polar surface area (TPSA) is 79.5 Å². The van der Waals surface area contributed by atoms with Crippen LogP contribution in [0.25, 0.3) is 5.69 Å². The lowest BCUT2D eigenvalue weighted by Crippen LogP contribution is -2.02. The Labute approximate surface area is 159 Å². The number of aryl methyl sites for hydroxylation is 1. The van der Waals surface area contributed by atoms with Gasteiger partial charge in [-0.25, -0.2) is 9.48 Å². The smallest absolute Gasteiger partial charge is 0.337 e. The van der Waals surface area contributed by atoms with E-state index in [0.29, 0.717) is 27.1 Å². The van der Waals surface area contributed by atoms with Gasteiger partial charge in [0, 0.05) is 5.02 Å². The molecule has 6 nitrogen and oxygen atoms in total. The maximum absolute atomic E-state index is 11.2. The molecule has 0 saturated heterocycles. The van der Waals surface area contributed by atoms with Gasteiger partial charge in [0.15, 0.2) is 0 Å². The molecule has 132 valence electrons. The Kier molecular flexibility index (Phi) is 5.25. The summed E-state index contributed by atoms with van der Waals surface area (Å²) in [5.74, 6) is -1.04. The molecule has 1 heterocycles.